The summed E-state index contributed by atoms with van der Waals surface area (Å²) in [6.45, 7) is 1.67. The van der Waals surface area contributed by atoms with Crippen LogP contribution >= 0.6 is 0 Å². The van der Waals surface area contributed by atoms with E-state index >= 15 is 0 Å². The summed E-state index contributed by atoms with van der Waals surface area (Å²) in [7, 11) is -1.89. The molecule has 1 aromatic rings. The number of aromatic nitrogens is 2. The lowest BCUT2D eigenvalue weighted by Crippen LogP contribution is -2.52. The van der Waals surface area contributed by atoms with Gasteiger partial charge in [-0.15, -0.1) is 0 Å². The first-order valence-electron chi connectivity index (χ1n) is 8.40. The molecular weight excluding hydrogens is 316 g/mol. The van der Waals surface area contributed by atoms with E-state index in [4.69, 9.17) is 0 Å². The van der Waals surface area contributed by atoms with Crippen molar-refractivity contribution in [3.8, 4) is 0 Å². The summed E-state index contributed by atoms with van der Waals surface area (Å²) < 4.78 is 29.0. The molecule has 0 aromatic carbocycles. The molecule has 3 rings (SSSR count). The topological polar surface area (TPSA) is 87.5 Å². The van der Waals surface area contributed by atoms with Gasteiger partial charge in [0.15, 0.2) is 5.03 Å². The normalized spacial score (nSPS) is 28.1. The molecule has 2 unspecified atom stereocenters. The van der Waals surface area contributed by atoms with Crippen molar-refractivity contribution in [2.45, 2.75) is 61.7 Å². The molecule has 0 radical (unpaired) electrons. The van der Waals surface area contributed by atoms with Crippen LogP contribution in [0, 0.1) is 0 Å². The minimum absolute atomic E-state index is 0.0492. The van der Waals surface area contributed by atoms with E-state index in [1.54, 1.807) is 7.05 Å². The van der Waals surface area contributed by atoms with Crippen LogP contribution in [0.15, 0.2) is 17.3 Å². The van der Waals surface area contributed by atoms with Crippen LogP contribution in [0.5, 0.6) is 0 Å². The molecule has 1 aliphatic heterocycles. The zero-order chi connectivity index (χ0) is 16.4. The highest BCUT2D eigenvalue weighted by molar-refractivity contribution is 7.89. The molecule has 130 valence electrons. The largest absolute Gasteiger partial charge is 0.391 e. The highest BCUT2D eigenvalue weighted by atomic mass is 32.2. The molecule has 2 fully saturated rings. The highest BCUT2D eigenvalue weighted by Crippen LogP contribution is 2.26. The van der Waals surface area contributed by atoms with E-state index in [1.807, 2.05) is 0 Å². The number of aliphatic hydroxyl groups is 1. The third-order valence-corrected chi connectivity index (χ3v) is 6.66. The van der Waals surface area contributed by atoms with Crippen LogP contribution in [-0.4, -0.2) is 59.5 Å². The maximum absolute atomic E-state index is 12.4. The van der Waals surface area contributed by atoms with Gasteiger partial charge in [-0.1, -0.05) is 12.8 Å². The fourth-order valence-corrected chi connectivity index (χ4v) is 5.20. The van der Waals surface area contributed by atoms with Gasteiger partial charge < -0.3 is 5.11 Å². The Balaban J connectivity index is 1.56. The first-order valence-corrected chi connectivity index (χ1v) is 9.88. The van der Waals surface area contributed by atoms with Crippen molar-refractivity contribution in [2.24, 2.45) is 7.05 Å². The van der Waals surface area contributed by atoms with Crippen LogP contribution in [0.3, 0.4) is 0 Å². The van der Waals surface area contributed by atoms with Gasteiger partial charge in [-0.05, 0) is 31.7 Å². The molecule has 0 amide bonds. The monoisotopic (exact) mass is 342 g/mol. The Morgan fingerprint density at radius 1 is 1.22 bits per heavy atom. The second-order valence-electron chi connectivity index (χ2n) is 6.64. The molecule has 2 N–H and O–H groups in total. The number of rotatable bonds is 4. The van der Waals surface area contributed by atoms with E-state index in [0.717, 1.165) is 45.2 Å². The zero-order valence-electron chi connectivity index (χ0n) is 13.6. The number of nitrogens with zero attached hydrogens (tertiary/aromatic N) is 3. The van der Waals surface area contributed by atoms with E-state index in [9.17, 15) is 13.5 Å². The minimum Gasteiger partial charge on any atom is -0.391 e. The lowest BCUT2D eigenvalue weighted by Gasteiger charge is -2.41. The Kier molecular flexibility index (Phi) is 5.05. The standard InChI is InChI=1S/C15H26N4O3S/c1-18-15(6-9-16-18)23(21,22)17-12-7-10-19(11-8-12)13-4-2-3-5-14(13)20/h6,9,12-14,17,20H,2-5,7-8,10-11H2,1H3. The van der Waals surface area contributed by atoms with Gasteiger partial charge in [-0.2, -0.15) is 5.10 Å². The van der Waals surface area contributed by atoms with Crippen LogP contribution in [0.4, 0.5) is 0 Å². The van der Waals surface area contributed by atoms with E-state index in [0.29, 0.717) is 0 Å². The van der Waals surface area contributed by atoms with Gasteiger partial charge in [0.05, 0.1) is 12.3 Å². The average molecular weight is 342 g/mol. The second-order valence-corrected chi connectivity index (χ2v) is 8.30. The summed E-state index contributed by atoms with van der Waals surface area (Å²) in [5, 5.41) is 14.3. The SMILES string of the molecule is Cn1nccc1S(=O)(=O)NC1CCN(C2CCCCC2O)CC1. The highest BCUT2D eigenvalue weighted by Gasteiger charge is 2.33. The summed E-state index contributed by atoms with van der Waals surface area (Å²) >= 11 is 0. The Bertz CT molecular complexity index is 622. The Morgan fingerprint density at radius 3 is 2.52 bits per heavy atom. The Hall–Kier alpha value is -0.960. The molecule has 8 heteroatoms. The van der Waals surface area contributed by atoms with Gasteiger partial charge in [-0.25, -0.2) is 13.1 Å². The molecule has 1 aliphatic carbocycles. The third kappa shape index (κ3) is 3.76. The number of sulfonamides is 1. The number of piperidine rings is 1. The van der Waals surface area contributed by atoms with Gasteiger partial charge >= 0.3 is 0 Å². The summed E-state index contributed by atoms with van der Waals surface area (Å²) in [5.74, 6) is 0. The number of hydrogen-bond donors (Lipinski definition) is 2. The average Bonchev–Trinajstić information content (AvgIpc) is 2.96. The molecule has 0 spiro atoms. The number of nitrogens with one attached hydrogen (secondary N) is 1. The first-order chi connectivity index (χ1) is 11.0. The first kappa shape index (κ1) is 16.9. The van der Waals surface area contributed by atoms with Crippen LogP contribution in [0.1, 0.15) is 38.5 Å². The molecule has 23 heavy (non-hydrogen) atoms. The maximum atomic E-state index is 12.4. The van der Waals surface area contributed by atoms with E-state index < -0.39 is 10.0 Å². The van der Waals surface area contributed by atoms with E-state index in [-0.39, 0.29) is 23.2 Å². The van der Waals surface area contributed by atoms with Crippen LogP contribution in [-0.2, 0) is 17.1 Å². The van der Waals surface area contributed by atoms with Crippen LogP contribution in [0.2, 0.25) is 0 Å². The molecule has 1 saturated heterocycles. The number of aryl methyl sites for hydroxylation is 1. The zero-order valence-corrected chi connectivity index (χ0v) is 14.4. The third-order valence-electron chi connectivity index (χ3n) is 5.07. The van der Waals surface area contributed by atoms with Crippen molar-refractivity contribution in [2.75, 3.05) is 13.1 Å². The second kappa shape index (κ2) is 6.88. The molecule has 2 atom stereocenters. The fourth-order valence-electron chi connectivity index (χ4n) is 3.77. The lowest BCUT2D eigenvalue weighted by molar-refractivity contribution is 0.00830. The molecule has 1 aromatic heterocycles. The Morgan fingerprint density at radius 2 is 1.91 bits per heavy atom. The summed E-state index contributed by atoms with van der Waals surface area (Å²) in [5.41, 5.74) is 0. The van der Waals surface area contributed by atoms with Crippen molar-refractivity contribution < 1.29 is 13.5 Å². The number of hydrogen-bond acceptors (Lipinski definition) is 5. The Labute approximate surface area is 137 Å². The minimum atomic E-state index is -3.52. The van der Waals surface area contributed by atoms with Crippen molar-refractivity contribution in [3.63, 3.8) is 0 Å². The fraction of sp³-hybridized carbons (Fsp3) is 0.800. The molecule has 0 bridgehead atoms. The smallest absolute Gasteiger partial charge is 0.257 e. The van der Waals surface area contributed by atoms with Gasteiger partial charge in [0, 0.05) is 32.2 Å². The van der Waals surface area contributed by atoms with Gasteiger partial charge in [0.25, 0.3) is 10.0 Å². The quantitative estimate of drug-likeness (QED) is 0.830. The number of likely N-dealkylation sites (tertiary alicyclic amines) is 1. The van der Waals surface area contributed by atoms with Crippen molar-refractivity contribution in [3.05, 3.63) is 12.3 Å². The predicted octanol–water partition coefficient (Wildman–Crippen LogP) is 0.466. The molecule has 2 heterocycles. The summed E-state index contributed by atoms with van der Waals surface area (Å²) in [6.07, 6.45) is 7.03. The van der Waals surface area contributed by atoms with Gasteiger partial charge in [-0.3, -0.25) is 9.58 Å². The van der Waals surface area contributed by atoms with Gasteiger partial charge in [0.1, 0.15) is 0 Å². The van der Waals surface area contributed by atoms with Crippen LogP contribution < -0.4 is 4.72 Å². The molecule has 2 aliphatic rings. The van der Waals surface area contributed by atoms with E-state index in [2.05, 4.69) is 14.7 Å². The van der Waals surface area contributed by atoms with Crippen molar-refractivity contribution >= 4 is 10.0 Å². The summed E-state index contributed by atoms with van der Waals surface area (Å²) in [6, 6.07) is 1.71. The molecule has 1 saturated carbocycles. The number of aliphatic hydroxyl groups excluding tert-OH is 1. The molecule has 7 nitrogen and oxygen atoms in total. The van der Waals surface area contributed by atoms with Crippen LogP contribution in [0.25, 0.3) is 0 Å². The predicted molar refractivity (Wildman–Crippen MR) is 86.4 cm³/mol. The van der Waals surface area contributed by atoms with Crippen molar-refractivity contribution in [1.82, 2.24) is 19.4 Å². The summed E-state index contributed by atoms with van der Waals surface area (Å²) in [4.78, 5) is 2.33. The van der Waals surface area contributed by atoms with Gasteiger partial charge in [0.2, 0.25) is 0 Å². The van der Waals surface area contributed by atoms with E-state index in [1.165, 1.54) is 23.4 Å². The molecular formula is C15H26N4O3S. The van der Waals surface area contributed by atoms with Crippen molar-refractivity contribution in [1.29, 1.82) is 0 Å². The maximum Gasteiger partial charge on any atom is 0.257 e. The lowest BCUT2D eigenvalue weighted by atomic mass is 9.90.